The Balaban J connectivity index is 1.68. The van der Waals surface area contributed by atoms with E-state index in [-0.39, 0.29) is 0 Å². The van der Waals surface area contributed by atoms with Gasteiger partial charge in [-0.2, -0.15) is 0 Å². The Hall–Kier alpha value is -2.49. The first kappa shape index (κ1) is 16.9. The summed E-state index contributed by atoms with van der Waals surface area (Å²) in [6.45, 7) is 2.69. The van der Waals surface area contributed by atoms with E-state index in [0.717, 1.165) is 37.7 Å². The Labute approximate surface area is 139 Å². The highest BCUT2D eigenvalue weighted by molar-refractivity contribution is 5.79. The molecule has 0 aliphatic carbocycles. The monoisotopic (exact) mass is 310 g/mol. The molecular weight excluding hydrogens is 284 g/mol. The molecule has 4 heteroatoms. The fraction of sp³-hybridized carbons (Fsp3) is 0.316. The summed E-state index contributed by atoms with van der Waals surface area (Å²) >= 11 is 0. The molecule has 4 nitrogen and oxygen atoms in total. The number of guanidine groups is 1. The number of anilines is 1. The van der Waals surface area contributed by atoms with Crippen molar-refractivity contribution in [2.24, 2.45) is 4.99 Å². The van der Waals surface area contributed by atoms with Crippen molar-refractivity contribution < 1.29 is 0 Å². The zero-order valence-electron chi connectivity index (χ0n) is 14.0. The largest absolute Gasteiger partial charge is 0.385 e. The Morgan fingerprint density at radius 1 is 0.957 bits per heavy atom. The first-order chi connectivity index (χ1) is 11.3. The molecule has 122 valence electrons. The quantitative estimate of drug-likeness (QED) is 0.469. The third kappa shape index (κ3) is 6.02. The van der Waals surface area contributed by atoms with E-state index in [4.69, 9.17) is 0 Å². The molecule has 0 atom stereocenters. The van der Waals surface area contributed by atoms with E-state index in [2.05, 4.69) is 64.0 Å². The molecule has 0 aliphatic heterocycles. The van der Waals surface area contributed by atoms with Crippen molar-refractivity contribution in [3.8, 4) is 0 Å². The van der Waals surface area contributed by atoms with Crippen LogP contribution < -0.4 is 10.6 Å². The van der Waals surface area contributed by atoms with Crippen LogP contribution in [0.3, 0.4) is 0 Å². The smallest absolute Gasteiger partial charge is 0.193 e. The van der Waals surface area contributed by atoms with Gasteiger partial charge in [0, 0.05) is 39.4 Å². The van der Waals surface area contributed by atoms with Gasteiger partial charge in [0.1, 0.15) is 0 Å². The van der Waals surface area contributed by atoms with Crippen LogP contribution in [-0.4, -0.2) is 38.0 Å². The Kier molecular flexibility index (Phi) is 6.98. The zero-order valence-corrected chi connectivity index (χ0v) is 14.0. The van der Waals surface area contributed by atoms with Crippen LogP contribution in [0.5, 0.6) is 0 Å². The highest BCUT2D eigenvalue weighted by Gasteiger charge is 2.05. The van der Waals surface area contributed by atoms with Gasteiger partial charge in [-0.25, -0.2) is 0 Å². The molecule has 2 aromatic rings. The molecule has 0 bridgehead atoms. The molecule has 0 spiro atoms. The second-order valence-electron chi connectivity index (χ2n) is 5.46. The van der Waals surface area contributed by atoms with Gasteiger partial charge in [0.2, 0.25) is 0 Å². The Bertz CT molecular complexity index is 581. The summed E-state index contributed by atoms with van der Waals surface area (Å²) in [5.74, 6) is 0.925. The van der Waals surface area contributed by atoms with E-state index in [1.807, 2.05) is 31.3 Å². The number of nitrogens with zero attached hydrogens (tertiary/aromatic N) is 2. The van der Waals surface area contributed by atoms with E-state index >= 15 is 0 Å². The van der Waals surface area contributed by atoms with Crippen LogP contribution in [0.4, 0.5) is 5.69 Å². The number of para-hydroxylation sites is 1. The van der Waals surface area contributed by atoms with Gasteiger partial charge >= 0.3 is 0 Å². The normalized spacial score (nSPS) is 11.1. The number of hydrogen-bond acceptors (Lipinski definition) is 2. The summed E-state index contributed by atoms with van der Waals surface area (Å²) in [6.07, 6.45) is 1.03. The van der Waals surface area contributed by atoms with Crippen molar-refractivity contribution in [2.75, 3.05) is 32.5 Å². The van der Waals surface area contributed by atoms with Gasteiger partial charge in [-0.1, -0.05) is 48.5 Å². The number of nitrogens with one attached hydrogen (secondary N) is 2. The lowest BCUT2D eigenvalue weighted by Gasteiger charge is -2.22. The molecule has 23 heavy (non-hydrogen) atoms. The van der Waals surface area contributed by atoms with E-state index in [1.54, 1.807) is 0 Å². The summed E-state index contributed by atoms with van der Waals surface area (Å²) in [5.41, 5.74) is 2.45. The Morgan fingerprint density at radius 3 is 2.26 bits per heavy atom. The van der Waals surface area contributed by atoms with Crippen molar-refractivity contribution >= 4 is 11.6 Å². The van der Waals surface area contributed by atoms with Crippen molar-refractivity contribution in [2.45, 2.75) is 13.0 Å². The van der Waals surface area contributed by atoms with E-state index < -0.39 is 0 Å². The predicted octanol–water partition coefficient (Wildman–Crippen LogP) is 3.20. The Morgan fingerprint density at radius 2 is 1.61 bits per heavy atom. The van der Waals surface area contributed by atoms with Crippen molar-refractivity contribution in [3.05, 3.63) is 66.2 Å². The SMILES string of the molecule is CN=C(NCCCNc1ccccc1)N(C)Cc1ccccc1. The summed E-state index contributed by atoms with van der Waals surface area (Å²) in [4.78, 5) is 6.49. The molecule has 0 saturated heterocycles. The van der Waals surface area contributed by atoms with Gasteiger partial charge in [-0.05, 0) is 24.1 Å². The van der Waals surface area contributed by atoms with Crippen LogP contribution >= 0.6 is 0 Å². The molecule has 2 N–H and O–H groups in total. The lowest BCUT2D eigenvalue weighted by atomic mass is 10.2. The fourth-order valence-electron chi connectivity index (χ4n) is 2.39. The summed E-state index contributed by atoms with van der Waals surface area (Å²) < 4.78 is 0. The standard InChI is InChI=1S/C19H26N4/c1-20-19(23(2)16-17-10-5-3-6-11-17)22-15-9-14-21-18-12-7-4-8-13-18/h3-8,10-13,21H,9,14-16H2,1-2H3,(H,20,22). The van der Waals surface area contributed by atoms with E-state index in [1.165, 1.54) is 5.56 Å². The minimum absolute atomic E-state index is 0.850. The van der Waals surface area contributed by atoms with Crippen LogP contribution in [0.25, 0.3) is 0 Å². The summed E-state index contributed by atoms with van der Waals surface area (Å²) in [7, 11) is 3.89. The predicted molar refractivity (Wildman–Crippen MR) is 98.8 cm³/mol. The van der Waals surface area contributed by atoms with E-state index in [9.17, 15) is 0 Å². The minimum Gasteiger partial charge on any atom is -0.385 e. The lowest BCUT2D eigenvalue weighted by molar-refractivity contribution is 0.476. The first-order valence-electron chi connectivity index (χ1n) is 8.04. The average molecular weight is 310 g/mol. The zero-order chi connectivity index (χ0) is 16.3. The molecule has 0 saturated carbocycles. The second-order valence-corrected chi connectivity index (χ2v) is 5.46. The van der Waals surface area contributed by atoms with Gasteiger partial charge in [0.05, 0.1) is 0 Å². The first-order valence-corrected chi connectivity index (χ1v) is 8.04. The molecule has 0 aliphatic rings. The maximum atomic E-state index is 4.35. The fourth-order valence-corrected chi connectivity index (χ4v) is 2.39. The van der Waals surface area contributed by atoms with Crippen LogP contribution in [0, 0.1) is 0 Å². The molecule has 2 aromatic carbocycles. The maximum absolute atomic E-state index is 4.35. The second kappa shape index (κ2) is 9.51. The van der Waals surface area contributed by atoms with Gasteiger partial charge in [0.25, 0.3) is 0 Å². The number of benzene rings is 2. The summed E-state index contributed by atoms with van der Waals surface area (Å²) in [5, 5.41) is 6.82. The number of hydrogen-bond donors (Lipinski definition) is 2. The van der Waals surface area contributed by atoms with Crippen LogP contribution in [0.15, 0.2) is 65.7 Å². The van der Waals surface area contributed by atoms with Crippen LogP contribution in [-0.2, 0) is 6.54 Å². The maximum Gasteiger partial charge on any atom is 0.193 e. The average Bonchev–Trinajstić information content (AvgIpc) is 2.60. The highest BCUT2D eigenvalue weighted by atomic mass is 15.3. The molecule has 2 rings (SSSR count). The molecule has 0 amide bonds. The molecule has 0 unspecified atom stereocenters. The van der Waals surface area contributed by atoms with Crippen LogP contribution in [0.2, 0.25) is 0 Å². The van der Waals surface area contributed by atoms with Crippen LogP contribution in [0.1, 0.15) is 12.0 Å². The minimum atomic E-state index is 0.850. The third-order valence-electron chi connectivity index (χ3n) is 3.58. The molecule has 0 aromatic heterocycles. The van der Waals surface area contributed by atoms with E-state index in [0.29, 0.717) is 0 Å². The van der Waals surface area contributed by atoms with Gasteiger partial charge in [0.15, 0.2) is 5.96 Å². The topological polar surface area (TPSA) is 39.7 Å². The molecule has 0 fully saturated rings. The van der Waals surface area contributed by atoms with Crippen molar-refractivity contribution in [3.63, 3.8) is 0 Å². The molecule has 0 radical (unpaired) electrons. The lowest BCUT2D eigenvalue weighted by Crippen LogP contribution is -2.39. The van der Waals surface area contributed by atoms with Gasteiger partial charge in [-0.15, -0.1) is 0 Å². The van der Waals surface area contributed by atoms with Gasteiger partial charge < -0.3 is 15.5 Å². The molecular formula is C19H26N4. The third-order valence-corrected chi connectivity index (χ3v) is 3.58. The highest BCUT2D eigenvalue weighted by Crippen LogP contribution is 2.04. The number of rotatable bonds is 7. The molecule has 0 heterocycles. The van der Waals surface area contributed by atoms with Crippen molar-refractivity contribution in [1.82, 2.24) is 10.2 Å². The number of aliphatic imine (C=N–C) groups is 1. The summed E-state index contributed by atoms with van der Waals surface area (Å²) in [6, 6.07) is 20.7. The van der Waals surface area contributed by atoms with Gasteiger partial charge in [-0.3, -0.25) is 4.99 Å². The van der Waals surface area contributed by atoms with Crippen molar-refractivity contribution in [1.29, 1.82) is 0 Å².